The Morgan fingerprint density at radius 3 is 2.64 bits per heavy atom. The van der Waals surface area contributed by atoms with Crippen molar-refractivity contribution in [3.8, 4) is 5.75 Å². The Hall–Kier alpha value is -2.28. The van der Waals surface area contributed by atoms with Crippen LogP contribution in [0.4, 0.5) is 10.5 Å². The lowest BCUT2D eigenvalue weighted by Crippen LogP contribution is -3.15. The van der Waals surface area contributed by atoms with E-state index in [-0.39, 0.29) is 18.0 Å². The fourth-order valence-corrected chi connectivity index (χ4v) is 4.74. The number of methoxy groups -OCH3 is 1. The molecule has 3 fully saturated rings. The van der Waals surface area contributed by atoms with Crippen LogP contribution in [0.5, 0.6) is 5.75 Å². The van der Waals surface area contributed by atoms with Crippen molar-refractivity contribution in [1.29, 1.82) is 0 Å². The molecule has 0 saturated carbocycles. The fourth-order valence-electron chi connectivity index (χ4n) is 4.74. The molecule has 3 heterocycles. The number of hydrogen-bond acceptors (Lipinski definition) is 4. The van der Waals surface area contributed by atoms with Crippen LogP contribution in [0.25, 0.3) is 0 Å². The molecule has 0 radical (unpaired) electrons. The van der Waals surface area contributed by atoms with Crippen molar-refractivity contribution >= 4 is 17.6 Å². The zero-order chi connectivity index (χ0) is 19.5. The van der Waals surface area contributed by atoms with Gasteiger partial charge in [-0.15, -0.1) is 0 Å². The molecule has 0 aliphatic carbocycles. The van der Waals surface area contributed by atoms with Crippen LogP contribution in [0, 0.1) is 0 Å². The highest BCUT2D eigenvalue weighted by atomic mass is 16.5. The van der Waals surface area contributed by atoms with Gasteiger partial charge in [0.1, 0.15) is 11.8 Å². The first-order chi connectivity index (χ1) is 13.7. The Balaban J connectivity index is 1.24. The first kappa shape index (κ1) is 19.1. The van der Waals surface area contributed by atoms with E-state index in [2.05, 4.69) is 17.0 Å². The van der Waals surface area contributed by atoms with Gasteiger partial charge in [0, 0.05) is 19.5 Å². The molecule has 4 rings (SSSR count). The molecule has 0 unspecified atom stereocenters. The highest BCUT2D eigenvalue weighted by Crippen LogP contribution is 2.28. The molecule has 1 N–H and O–H groups in total. The molecule has 3 saturated heterocycles. The predicted octanol–water partition coefficient (Wildman–Crippen LogP) is 0.607. The van der Waals surface area contributed by atoms with Crippen LogP contribution in [-0.4, -0.2) is 80.7 Å². The Morgan fingerprint density at radius 1 is 1.11 bits per heavy atom. The van der Waals surface area contributed by atoms with Crippen molar-refractivity contribution in [1.82, 2.24) is 9.80 Å². The number of imide groups is 1. The van der Waals surface area contributed by atoms with Crippen LogP contribution in [0.3, 0.4) is 0 Å². The summed E-state index contributed by atoms with van der Waals surface area (Å²) in [5.41, 5.74) is 1.16. The average molecular weight is 388 g/mol. The number of anilines is 1. The third-order valence-corrected chi connectivity index (χ3v) is 6.34. The number of carbonyl (C=O) groups excluding carboxylic acids is 2. The lowest BCUT2D eigenvalue weighted by atomic mass is 10.0. The number of hydrogen-bond donors (Lipinski definition) is 1. The fraction of sp³-hybridized carbons (Fsp3) is 0.619. The second-order valence-electron chi connectivity index (χ2n) is 7.99. The Bertz CT molecular complexity index is 693. The number of piperazine rings is 1. The minimum atomic E-state index is -0.182. The number of fused-ring (bicyclic) bond motifs is 1. The van der Waals surface area contributed by atoms with Gasteiger partial charge in [0.15, 0.2) is 0 Å². The van der Waals surface area contributed by atoms with Gasteiger partial charge in [-0.1, -0.05) is 12.1 Å². The number of urea groups is 1. The number of rotatable bonds is 6. The predicted molar refractivity (Wildman–Crippen MR) is 107 cm³/mol. The summed E-state index contributed by atoms with van der Waals surface area (Å²) in [5.74, 6) is 0.953. The highest BCUT2D eigenvalue weighted by molar-refractivity contribution is 6.04. The SMILES string of the molecule is COc1ccccc1N1CC[NH+](CCCN2C(=O)[C@H]3CCCCN3C2=O)CC1. The number of nitrogens with one attached hydrogen (secondary N) is 1. The molecular formula is C21H31N4O3+. The van der Waals surface area contributed by atoms with E-state index in [0.717, 1.165) is 76.4 Å². The van der Waals surface area contributed by atoms with Crippen molar-refractivity contribution in [2.45, 2.75) is 31.7 Å². The molecule has 28 heavy (non-hydrogen) atoms. The van der Waals surface area contributed by atoms with Crippen LogP contribution in [0.1, 0.15) is 25.7 Å². The second-order valence-corrected chi connectivity index (χ2v) is 7.99. The summed E-state index contributed by atoms with van der Waals surface area (Å²) in [5, 5.41) is 0. The molecule has 1 aromatic carbocycles. The van der Waals surface area contributed by atoms with E-state index >= 15 is 0 Å². The standard InChI is InChI=1S/C21H30N4O3/c1-28-19-9-3-2-7-17(19)23-15-13-22(14-16-23)10-6-12-25-20(26)18-8-4-5-11-24(18)21(25)27/h2-3,7,9,18H,4-6,8,10-16H2,1H3/p+1/t18-/m1/s1. The summed E-state index contributed by atoms with van der Waals surface area (Å²) in [6, 6.07) is 7.92. The lowest BCUT2D eigenvalue weighted by molar-refractivity contribution is -0.900. The first-order valence-electron chi connectivity index (χ1n) is 10.5. The summed E-state index contributed by atoms with van der Waals surface area (Å²) >= 11 is 0. The van der Waals surface area contributed by atoms with Gasteiger partial charge in [0.25, 0.3) is 5.91 Å². The van der Waals surface area contributed by atoms with Gasteiger partial charge in [-0.2, -0.15) is 0 Å². The number of amides is 3. The molecule has 1 atom stereocenters. The molecule has 0 spiro atoms. The van der Waals surface area contributed by atoms with Crippen LogP contribution < -0.4 is 14.5 Å². The first-order valence-corrected chi connectivity index (χ1v) is 10.5. The van der Waals surface area contributed by atoms with Gasteiger partial charge < -0.3 is 19.4 Å². The monoisotopic (exact) mass is 387 g/mol. The quantitative estimate of drug-likeness (QED) is 0.727. The summed E-state index contributed by atoms with van der Waals surface area (Å²) in [7, 11) is 1.72. The molecule has 0 bridgehead atoms. The van der Waals surface area contributed by atoms with Crippen LogP contribution in [-0.2, 0) is 4.79 Å². The Kier molecular flexibility index (Phi) is 5.71. The van der Waals surface area contributed by atoms with E-state index in [9.17, 15) is 9.59 Å². The summed E-state index contributed by atoms with van der Waals surface area (Å²) in [4.78, 5) is 32.2. The van der Waals surface area contributed by atoms with Crippen molar-refractivity contribution in [3.05, 3.63) is 24.3 Å². The molecule has 7 heteroatoms. The third kappa shape index (κ3) is 3.68. The summed E-state index contributed by atoms with van der Waals surface area (Å²) in [6.45, 7) is 6.41. The maximum absolute atomic E-state index is 12.5. The second kappa shape index (κ2) is 8.39. The van der Waals surface area contributed by atoms with Crippen LogP contribution >= 0.6 is 0 Å². The largest absolute Gasteiger partial charge is 0.495 e. The number of carbonyl (C=O) groups is 2. The molecule has 1 aromatic rings. The third-order valence-electron chi connectivity index (χ3n) is 6.34. The number of quaternary nitrogens is 1. The van der Waals surface area contributed by atoms with E-state index in [1.54, 1.807) is 16.9 Å². The van der Waals surface area contributed by atoms with Gasteiger partial charge in [0.2, 0.25) is 0 Å². The lowest BCUT2D eigenvalue weighted by Gasteiger charge is -2.34. The Labute approximate surface area is 166 Å². The minimum Gasteiger partial charge on any atom is -0.495 e. The molecule has 152 valence electrons. The van der Waals surface area contributed by atoms with E-state index in [1.165, 1.54) is 4.90 Å². The van der Waals surface area contributed by atoms with E-state index in [0.29, 0.717) is 6.54 Å². The highest BCUT2D eigenvalue weighted by Gasteiger charge is 2.45. The van der Waals surface area contributed by atoms with Crippen molar-refractivity contribution in [2.24, 2.45) is 0 Å². The zero-order valence-electron chi connectivity index (χ0n) is 16.7. The van der Waals surface area contributed by atoms with Gasteiger partial charge in [-0.25, -0.2) is 4.79 Å². The molecule has 3 amide bonds. The minimum absolute atomic E-state index is 0.0284. The van der Waals surface area contributed by atoms with E-state index in [4.69, 9.17) is 4.74 Å². The van der Waals surface area contributed by atoms with Gasteiger partial charge in [-0.05, 0) is 31.4 Å². The molecule has 3 aliphatic heterocycles. The van der Waals surface area contributed by atoms with Crippen molar-refractivity contribution in [3.63, 3.8) is 0 Å². The molecule has 0 aromatic heterocycles. The maximum atomic E-state index is 12.5. The molecule has 7 nitrogen and oxygen atoms in total. The van der Waals surface area contributed by atoms with Gasteiger partial charge >= 0.3 is 6.03 Å². The number of ether oxygens (including phenoxy) is 1. The normalized spacial score (nSPS) is 23.3. The van der Waals surface area contributed by atoms with Crippen LogP contribution in [0.2, 0.25) is 0 Å². The average Bonchev–Trinajstić information content (AvgIpc) is 2.99. The number of nitrogens with zero attached hydrogens (tertiary/aromatic N) is 3. The topological polar surface area (TPSA) is 57.5 Å². The zero-order valence-corrected chi connectivity index (χ0v) is 16.7. The van der Waals surface area contributed by atoms with E-state index in [1.807, 2.05) is 12.1 Å². The summed E-state index contributed by atoms with van der Waals surface area (Å²) in [6.07, 6.45) is 3.78. The number of piperidine rings is 1. The van der Waals surface area contributed by atoms with Gasteiger partial charge in [-0.3, -0.25) is 9.69 Å². The smallest absolute Gasteiger partial charge is 0.327 e. The maximum Gasteiger partial charge on any atom is 0.327 e. The number of para-hydroxylation sites is 2. The summed E-state index contributed by atoms with van der Waals surface area (Å²) < 4.78 is 5.49. The number of benzene rings is 1. The molecular weight excluding hydrogens is 356 g/mol. The molecule has 3 aliphatic rings. The Morgan fingerprint density at radius 2 is 1.89 bits per heavy atom. The van der Waals surface area contributed by atoms with Gasteiger partial charge in [0.05, 0.1) is 45.5 Å². The van der Waals surface area contributed by atoms with Crippen molar-refractivity contribution < 1.29 is 19.2 Å². The van der Waals surface area contributed by atoms with Crippen molar-refractivity contribution in [2.75, 3.05) is 57.8 Å². The van der Waals surface area contributed by atoms with Crippen LogP contribution in [0.15, 0.2) is 24.3 Å². The van der Waals surface area contributed by atoms with E-state index < -0.39 is 0 Å².